The van der Waals surface area contributed by atoms with Crippen molar-refractivity contribution in [2.45, 2.75) is 118 Å². The van der Waals surface area contributed by atoms with Gasteiger partial charge in [0.1, 0.15) is 0 Å². The van der Waals surface area contributed by atoms with E-state index in [0.29, 0.717) is 6.10 Å². The highest BCUT2D eigenvalue weighted by atomic mass is 32.2. The fourth-order valence-corrected chi connectivity index (χ4v) is 4.40. The van der Waals surface area contributed by atoms with Crippen LogP contribution in [0.4, 0.5) is 0 Å². The first-order valence-corrected chi connectivity index (χ1v) is 13.2. The standard InChI is InChI=1S/C29H48OS/c1-23(2)13-11-15-26(5)21-22-31-27(6)18-10-9-14-24(3)16-12-17-25(4)19-20-28-29(7,8)30-28/h13-14,17-18,21,28H,9-12,15-16,19-20,22H2,1-8H3/b24-14+,25-17+,26-21+,27-18+. The lowest BCUT2D eigenvalue weighted by Crippen LogP contribution is -2.02. The molecule has 2 heteroatoms. The third-order valence-electron chi connectivity index (χ3n) is 5.92. The van der Waals surface area contributed by atoms with Crippen molar-refractivity contribution in [1.29, 1.82) is 0 Å². The first-order valence-electron chi connectivity index (χ1n) is 12.2. The average Bonchev–Trinajstić information content (AvgIpc) is 3.30. The van der Waals surface area contributed by atoms with Gasteiger partial charge >= 0.3 is 0 Å². The molecule has 0 radical (unpaired) electrons. The van der Waals surface area contributed by atoms with Crippen LogP contribution in [-0.4, -0.2) is 17.5 Å². The van der Waals surface area contributed by atoms with Gasteiger partial charge in [0.05, 0.1) is 11.7 Å². The second kappa shape index (κ2) is 15.0. The van der Waals surface area contributed by atoms with Crippen LogP contribution in [0.2, 0.25) is 0 Å². The van der Waals surface area contributed by atoms with Crippen LogP contribution in [-0.2, 0) is 4.74 Å². The first-order chi connectivity index (χ1) is 14.6. The predicted octanol–water partition coefficient (Wildman–Crippen LogP) is 9.73. The maximum atomic E-state index is 5.68. The van der Waals surface area contributed by atoms with Crippen LogP contribution in [0.25, 0.3) is 0 Å². The summed E-state index contributed by atoms with van der Waals surface area (Å²) in [4.78, 5) is 1.45. The van der Waals surface area contributed by atoms with Gasteiger partial charge in [-0.05, 0) is 112 Å². The average molecular weight is 445 g/mol. The topological polar surface area (TPSA) is 12.5 Å². The maximum absolute atomic E-state index is 5.68. The summed E-state index contributed by atoms with van der Waals surface area (Å²) in [5.41, 5.74) is 6.08. The fraction of sp³-hybridized carbons (Fsp3) is 0.655. The van der Waals surface area contributed by atoms with Gasteiger partial charge in [0.15, 0.2) is 0 Å². The third-order valence-corrected chi connectivity index (χ3v) is 6.88. The van der Waals surface area contributed by atoms with E-state index in [1.54, 1.807) is 0 Å². The molecular formula is C29H48OS. The maximum Gasteiger partial charge on any atom is 0.0892 e. The molecule has 1 aliphatic rings. The summed E-state index contributed by atoms with van der Waals surface area (Å²) in [5.74, 6) is 1.09. The van der Waals surface area contributed by atoms with Crippen LogP contribution in [0, 0.1) is 0 Å². The summed E-state index contributed by atoms with van der Waals surface area (Å²) in [6.45, 7) is 17.8. The van der Waals surface area contributed by atoms with Gasteiger partial charge < -0.3 is 4.74 Å². The largest absolute Gasteiger partial charge is 0.367 e. The van der Waals surface area contributed by atoms with Crippen LogP contribution in [0.1, 0.15) is 107 Å². The predicted molar refractivity (Wildman–Crippen MR) is 143 cm³/mol. The molecule has 31 heavy (non-hydrogen) atoms. The Morgan fingerprint density at radius 1 is 0.710 bits per heavy atom. The molecular weight excluding hydrogens is 396 g/mol. The number of hydrogen-bond donors (Lipinski definition) is 0. The molecule has 176 valence electrons. The Labute approximate surface area is 198 Å². The smallest absolute Gasteiger partial charge is 0.0892 e. The summed E-state index contributed by atoms with van der Waals surface area (Å²) < 4.78 is 5.68. The monoisotopic (exact) mass is 444 g/mol. The number of thioether (sulfide) groups is 1. The Morgan fingerprint density at radius 2 is 1.23 bits per heavy atom. The summed E-state index contributed by atoms with van der Waals surface area (Å²) in [5, 5.41) is 0. The number of ether oxygens (including phenoxy) is 1. The van der Waals surface area contributed by atoms with Crippen LogP contribution in [0.15, 0.2) is 57.6 Å². The normalized spacial score (nSPS) is 19.5. The van der Waals surface area contributed by atoms with Crippen LogP contribution in [0.3, 0.4) is 0 Å². The SMILES string of the molecule is CC(C)=CCC/C(C)=C/CS/C(C)=C/CC/C=C(\C)CC/C=C(\C)CCC1OC1(C)C. The molecule has 1 unspecified atom stereocenters. The van der Waals surface area contributed by atoms with Crippen molar-refractivity contribution in [1.82, 2.24) is 0 Å². The van der Waals surface area contributed by atoms with Gasteiger partial charge in [-0.2, -0.15) is 0 Å². The van der Waals surface area contributed by atoms with E-state index in [2.05, 4.69) is 85.8 Å². The molecule has 0 aromatic carbocycles. The molecule has 1 fully saturated rings. The quantitative estimate of drug-likeness (QED) is 0.141. The Kier molecular flexibility index (Phi) is 13.5. The fourth-order valence-electron chi connectivity index (χ4n) is 3.53. The van der Waals surface area contributed by atoms with Gasteiger partial charge in [-0.25, -0.2) is 0 Å². The zero-order valence-corrected chi connectivity index (χ0v) is 22.5. The third kappa shape index (κ3) is 14.6. The van der Waals surface area contributed by atoms with E-state index >= 15 is 0 Å². The molecule has 1 nitrogen and oxygen atoms in total. The molecule has 0 spiro atoms. The first kappa shape index (κ1) is 28.0. The Balaban J connectivity index is 2.15. The van der Waals surface area contributed by atoms with Gasteiger partial charge in [0, 0.05) is 5.75 Å². The highest BCUT2D eigenvalue weighted by Crippen LogP contribution is 2.38. The minimum atomic E-state index is 0.131. The van der Waals surface area contributed by atoms with Crippen LogP contribution in [0.5, 0.6) is 0 Å². The van der Waals surface area contributed by atoms with E-state index in [1.807, 2.05) is 11.8 Å². The number of hydrogen-bond acceptors (Lipinski definition) is 2. The Morgan fingerprint density at radius 3 is 1.84 bits per heavy atom. The van der Waals surface area contributed by atoms with E-state index < -0.39 is 0 Å². The number of epoxide rings is 1. The van der Waals surface area contributed by atoms with Crippen LogP contribution >= 0.6 is 11.8 Å². The van der Waals surface area contributed by atoms with Crippen molar-refractivity contribution in [2.75, 3.05) is 5.75 Å². The molecule has 0 saturated carbocycles. The van der Waals surface area contributed by atoms with E-state index in [0.717, 1.165) is 25.0 Å². The lowest BCUT2D eigenvalue weighted by atomic mass is 10.0. The zero-order valence-electron chi connectivity index (χ0n) is 21.6. The van der Waals surface area contributed by atoms with Gasteiger partial charge in [-0.15, -0.1) is 11.8 Å². The van der Waals surface area contributed by atoms with Crippen molar-refractivity contribution in [3.8, 4) is 0 Å². The molecule has 0 bridgehead atoms. The molecule has 0 aromatic rings. The molecule has 0 N–H and O–H groups in total. The van der Waals surface area contributed by atoms with E-state index in [9.17, 15) is 0 Å². The molecule has 0 aromatic heterocycles. The van der Waals surface area contributed by atoms with Crippen LogP contribution < -0.4 is 0 Å². The van der Waals surface area contributed by atoms with Crippen molar-refractivity contribution in [2.24, 2.45) is 0 Å². The summed E-state index contributed by atoms with van der Waals surface area (Å²) >= 11 is 1.96. The molecule has 1 heterocycles. The van der Waals surface area contributed by atoms with Crippen molar-refractivity contribution >= 4 is 11.8 Å². The summed E-state index contributed by atoms with van der Waals surface area (Å²) in [7, 11) is 0. The minimum Gasteiger partial charge on any atom is -0.367 e. The highest BCUT2D eigenvalue weighted by molar-refractivity contribution is 8.03. The number of unbranched alkanes of at least 4 members (excludes halogenated alkanes) is 1. The van der Waals surface area contributed by atoms with Gasteiger partial charge in [-0.1, -0.05) is 52.7 Å². The zero-order chi connectivity index (χ0) is 23.3. The molecule has 0 amide bonds. The molecule has 1 saturated heterocycles. The minimum absolute atomic E-state index is 0.131. The Hall–Kier alpha value is -0.990. The highest BCUT2D eigenvalue weighted by Gasteiger charge is 2.46. The number of allylic oxidation sites excluding steroid dienone is 9. The molecule has 0 aliphatic carbocycles. The van der Waals surface area contributed by atoms with Gasteiger partial charge in [0.25, 0.3) is 0 Å². The summed E-state index contributed by atoms with van der Waals surface area (Å²) in [6.07, 6.45) is 21.7. The van der Waals surface area contributed by atoms with Crippen molar-refractivity contribution < 1.29 is 4.74 Å². The van der Waals surface area contributed by atoms with E-state index in [1.165, 1.54) is 59.3 Å². The molecule has 1 rings (SSSR count). The van der Waals surface area contributed by atoms with E-state index in [-0.39, 0.29) is 5.60 Å². The number of rotatable bonds is 15. The lowest BCUT2D eigenvalue weighted by molar-refractivity contribution is 0.320. The summed E-state index contributed by atoms with van der Waals surface area (Å²) in [6, 6.07) is 0. The van der Waals surface area contributed by atoms with Gasteiger partial charge in [-0.3, -0.25) is 0 Å². The molecule has 1 atom stereocenters. The second-order valence-electron chi connectivity index (χ2n) is 9.96. The van der Waals surface area contributed by atoms with Gasteiger partial charge in [0.2, 0.25) is 0 Å². The van der Waals surface area contributed by atoms with Crippen molar-refractivity contribution in [3.63, 3.8) is 0 Å². The second-order valence-corrected chi connectivity index (χ2v) is 11.2. The lowest BCUT2D eigenvalue weighted by Gasteiger charge is -2.03. The Bertz CT molecular complexity index is 684. The van der Waals surface area contributed by atoms with E-state index in [4.69, 9.17) is 4.74 Å². The molecule has 1 aliphatic heterocycles. The van der Waals surface area contributed by atoms with Crippen molar-refractivity contribution in [3.05, 3.63) is 57.6 Å².